The Balaban J connectivity index is 1.87. The normalized spacial score (nSPS) is 12.7. The number of hydrogen-bond donors (Lipinski definition) is 0. The fraction of sp³-hybridized carbons (Fsp3) is 0. The van der Waals surface area contributed by atoms with E-state index in [0.29, 0.717) is 0 Å². The van der Waals surface area contributed by atoms with E-state index in [0.717, 1.165) is 43.9 Å². The van der Waals surface area contributed by atoms with Crippen LogP contribution in [0.1, 0.15) is 0 Å². The van der Waals surface area contributed by atoms with Gasteiger partial charge < -0.3 is 8.83 Å². The predicted octanol–water partition coefficient (Wildman–Crippen LogP) is 8.38. The van der Waals surface area contributed by atoms with E-state index in [1.54, 1.807) is 0 Å². The lowest BCUT2D eigenvalue weighted by molar-refractivity contribution is 0.668. The van der Waals surface area contributed by atoms with Crippen LogP contribution in [0.15, 0.2) is 93.8 Å². The summed E-state index contributed by atoms with van der Waals surface area (Å²) in [6.07, 6.45) is 0. The van der Waals surface area contributed by atoms with Gasteiger partial charge in [0.1, 0.15) is 22.3 Å². The zero-order valence-corrected chi connectivity index (χ0v) is 15.9. The lowest BCUT2D eigenvalue weighted by atomic mass is 9.89. The van der Waals surface area contributed by atoms with Crippen molar-refractivity contribution in [2.45, 2.75) is 0 Å². The highest BCUT2D eigenvalue weighted by Crippen LogP contribution is 2.48. The Morgan fingerprint density at radius 1 is 0.400 bits per heavy atom. The van der Waals surface area contributed by atoms with Crippen LogP contribution < -0.4 is 0 Å². The van der Waals surface area contributed by atoms with Gasteiger partial charge >= 0.3 is 0 Å². The van der Waals surface area contributed by atoms with Crippen molar-refractivity contribution in [2.24, 2.45) is 0 Å². The van der Waals surface area contributed by atoms with Crippen LogP contribution in [0.5, 0.6) is 0 Å². The van der Waals surface area contributed by atoms with Crippen molar-refractivity contribution in [3.05, 3.63) is 84.9 Å². The minimum Gasteiger partial charge on any atom is -0.456 e. The molecule has 2 heterocycles. The summed E-state index contributed by atoms with van der Waals surface area (Å²) in [4.78, 5) is 0. The molecule has 0 unspecified atom stereocenters. The molecule has 0 spiro atoms. The largest absolute Gasteiger partial charge is 0.456 e. The quantitative estimate of drug-likeness (QED) is 0.246. The summed E-state index contributed by atoms with van der Waals surface area (Å²) in [5, 5.41) is 12.0. The van der Waals surface area contributed by atoms with Crippen LogP contribution in [-0.4, -0.2) is 0 Å². The second-order valence-electron chi connectivity index (χ2n) is 8.09. The third-order valence-corrected chi connectivity index (χ3v) is 6.58. The van der Waals surface area contributed by atoms with E-state index in [9.17, 15) is 0 Å². The van der Waals surface area contributed by atoms with Crippen molar-refractivity contribution in [3.63, 3.8) is 0 Å². The monoisotopic (exact) mass is 382 g/mol. The molecule has 0 N–H and O–H groups in total. The van der Waals surface area contributed by atoms with Gasteiger partial charge in [-0.1, -0.05) is 66.7 Å². The lowest BCUT2D eigenvalue weighted by Crippen LogP contribution is -1.86. The molecule has 6 aromatic carbocycles. The fourth-order valence-electron chi connectivity index (χ4n) is 5.40. The molecule has 0 fully saturated rings. The van der Waals surface area contributed by atoms with E-state index in [2.05, 4.69) is 66.7 Å². The first kappa shape index (κ1) is 14.9. The minimum atomic E-state index is 0.906. The highest BCUT2D eigenvalue weighted by molar-refractivity contribution is 6.42. The van der Waals surface area contributed by atoms with Gasteiger partial charge in [-0.25, -0.2) is 0 Å². The van der Waals surface area contributed by atoms with Gasteiger partial charge in [-0.05, 0) is 39.7 Å². The summed E-state index contributed by atoms with van der Waals surface area (Å²) in [6, 6.07) is 29.8. The molecule has 0 atom stereocenters. The zero-order valence-electron chi connectivity index (χ0n) is 15.9. The molecule has 8 rings (SSSR count). The molecule has 138 valence electrons. The Bertz CT molecular complexity index is 1950. The summed E-state index contributed by atoms with van der Waals surface area (Å²) in [5.41, 5.74) is 3.69. The smallest absolute Gasteiger partial charge is 0.144 e. The molecule has 0 aliphatic rings. The van der Waals surface area contributed by atoms with Crippen LogP contribution in [0.3, 0.4) is 0 Å². The first-order valence-corrected chi connectivity index (χ1v) is 10.2. The van der Waals surface area contributed by atoms with Gasteiger partial charge in [-0.15, -0.1) is 0 Å². The fourth-order valence-corrected chi connectivity index (χ4v) is 5.40. The maximum absolute atomic E-state index is 6.55. The first-order valence-electron chi connectivity index (χ1n) is 10.2. The van der Waals surface area contributed by atoms with Crippen molar-refractivity contribution in [3.8, 4) is 0 Å². The highest BCUT2D eigenvalue weighted by Gasteiger charge is 2.22. The van der Waals surface area contributed by atoms with Gasteiger partial charge in [0.05, 0.1) is 0 Å². The van der Waals surface area contributed by atoms with Crippen LogP contribution in [0.4, 0.5) is 0 Å². The van der Waals surface area contributed by atoms with Crippen molar-refractivity contribution in [2.75, 3.05) is 0 Å². The summed E-state index contributed by atoms with van der Waals surface area (Å²) in [6.45, 7) is 0. The average molecular weight is 382 g/mol. The molecule has 0 radical (unpaired) electrons. The number of para-hydroxylation sites is 2. The first-order chi connectivity index (χ1) is 14.9. The van der Waals surface area contributed by atoms with Gasteiger partial charge in [0.2, 0.25) is 0 Å². The molecule has 30 heavy (non-hydrogen) atoms. The molecule has 0 saturated carbocycles. The number of benzene rings is 6. The van der Waals surface area contributed by atoms with Crippen LogP contribution in [0.25, 0.3) is 76.2 Å². The molecule has 2 nitrogen and oxygen atoms in total. The summed E-state index contributed by atoms with van der Waals surface area (Å²) in [5.74, 6) is 0. The molecule has 0 aliphatic heterocycles. The standard InChI is InChI=1S/C28H14O2/c1-4-11-21-17(7-1)25-19-9-5-6-15-12-13-16-14-22-26(18-8-2-3-10-20(18)29-22)27(28(25)30-21)24(16)23(15)19/h1-14H. The van der Waals surface area contributed by atoms with Crippen LogP contribution in [-0.2, 0) is 0 Å². The molecule has 0 amide bonds. The zero-order chi connectivity index (χ0) is 19.4. The molecule has 0 aliphatic carbocycles. The van der Waals surface area contributed by atoms with Crippen molar-refractivity contribution >= 4 is 76.2 Å². The maximum atomic E-state index is 6.55. The average Bonchev–Trinajstić information content (AvgIpc) is 3.36. The van der Waals surface area contributed by atoms with Gasteiger partial charge in [-0.2, -0.15) is 0 Å². The number of fused-ring (bicyclic) bond motifs is 9. The Morgan fingerprint density at radius 3 is 1.97 bits per heavy atom. The molecule has 8 aromatic rings. The Hall–Kier alpha value is -4.04. The summed E-state index contributed by atoms with van der Waals surface area (Å²) < 4.78 is 12.8. The van der Waals surface area contributed by atoms with Crippen molar-refractivity contribution in [1.29, 1.82) is 0 Å². The number of furan rings is 2. The SMILES string of the molecule is c1ccc2c(c1)oc1c2c2cccc3ccc4cc5oc6ccccc6c5c1c4c32. The molecular formula is C28H14O2. The van der Waals surface area contributed by atoms with Gasteiger partial charge in [0.25, 0.3) is 0 Å². The lowest BCUT2D eigenvalue weighted by Gasteiger charge is -2.12. The maximum Gasteiger partial charge on any atom is 0.144 e. The molecule has 2 heteroatoms. The second kappa shape index (κ2) is 4.92. The highest BCUT2D eigenvalue weighted by atomic mass is 16.3. The van der Waals surface area contributed by atoms with Gasteiger partial charge in [0, 0.05) is 32.3 Å². The molecule has 2 aromatic heterocycles. The topological polar surface area (TPSA) is 26.3 Å². The Kier molecular flexibility index (Phi) is 2.44. The van der Waals surface area contributed by atoms with E-state index in [1.165, 1.54) is 32.3 Å². The summed E-state index contributed by atoms with van der Waals surface area (Å²) >= 11 is 0. The minimum absolute atomic E-state index is 0.906. The van der Waals surface area contributed by atoms with E-state index >= 15 is 0 Å². The molecule has 0 saturated heterocycles. The third kappa shape index (κ3) is 1.60. The summed E-state index contributed by atoms with van der Waals surface area (Å²) in [7, 11) is 0. The van der Waals surface area contributed by atoms with E-state index in [-0.39, 0.29) is 0 Å². The third-order valence-electron chi connectivity index (χ3n) is 6.58. The predicted molar refractivity (Wildman–Crippen MR) is 125 cm³/mol. The number of rotatable bonds is 0. The van der Waals surface area contributed by atoms with E-state index < -0.39 is 0 Å². The second-order valence-corrected chi connectivity index (χ2v) is 8.09. The Morgan fingerprint density at radius 2 is 1.10 bits per heavy atom. The van der Waals surface area contributed by atoms with E-state index in [4.69, 9.17) is 8.83 Å². The van der Waals surface area contributed by atoms with Crippen molar-refractivity contribution < 1.29 is 8.83 Å². The van der Waals surface area contributed by atoms with Gasteiger partial charge in [0.15, 0.2) is 0 Å². The van der Waals surface area contributed by atoms with E-state index in [1.807, 2.05) is 18.2 Å². The van der Waals surface area contributed by atoms with Crippen LogP contribution in [0.2, 0.25) is 0 Å². The van der Waals surface area contributed by atoms with Crippen molar-refractivity contribution in [1.82, 2.24) is 0 Å². The van der Waals surface area contributed by atoms with Crippen LogP contribution in [0, 0.1) is 0 Å². The molecular weight excluding hydrogens is 368 g/mol. The Labute approximate surface area is 170 Å². The van der Waals surface area contributed by atoms with Gasteiger partial charge in [-0.3, -0.25) is 0 Å². The number of hydrogen-bond acceptors (Lipinski definition) is 2. The van der Waals surface area contributed by atoms with Crippen LogP contribution >= 0.6 is 0 Å². The molecule has 0 bridgehead atoms.